The van der Waals surface area contributed by atoms with E-state index in [1.165, 1.54) is 24.5 Å². The van der Waals surface area contributed by atoms with Gasteiger partial charge in [-0.25, -0.2) is 8.42 Å². The second-order valence-electron chi connectivity index (χ2n) is 5.05. The number of aromatic nitrogens is 1. The van der Waals surface area contributed by atoms with Crippen molar-refractivity contribution >= 4 is 38.8 Å². The lowest BCUT2D eigenvalue weighted by Gasteiger charge is -2.12. The molecule has 1 heterocycles. The van der Waals surface area contributed by atoms with Gasteiger partial charge in [0.2, 0.25) is 19.8 Å². The second kappa shape index (κ2) is 5.68. The van der Waals surface area contributed by atoms with Gasteiger partial charge in [-0.1, -0.05) is 28.4 Å². The zero-order valence-electron chi connectivity index (χ0n) is 11.2. The molecule has 0 atom stereocenters. The zero-order valence-corrected chi connectivity index (χ0v) is 13.5. The molecule has 0 bridgehead atoms. The van der Waals surface area contributed by atoms with Crippen LogP contribution in [0.1, 0.15) is 40.4 Å². The third-order valence-electron chi connectivity index (χ3n) is 3.50. The van der Waals surface area contributed by atoms with Crippen LogP contribution in [0.2, 0.25) is 0 Å². The fraction of sp³-hybridized carbons (Fsp3) is 0.286. The molecule has 0 radical (unpaired) electrons. The largest absolute Gasteiger partial charge is 0.364 e. The monoisotopic (exact) mass is 359 g/mol. The summed E-state index contributed by atoms with van der Waals surface area (Å²) in [5.41, 5.74) is 1.11. The Kier molecular flexibility index (Phi) is 4.01. The number of alkyl halides is 2. The quantitative estimate of drug-likeness (QED) is 0.604. The lowest BCUT2D eigenvalue weighted by molar-refractivity contribution is 0.103. The Morgan fingerprint density at radius 1 is 1.27 bits per heavy atom. The summed E-state index contributed by atoms with van der Waals surface area (Å²) in [5, 5.41) is 3.60. The van der Waals surface area contributed by atoms with E-state index in [1.54, 1.807) is 6.07 Å². The van der Waals surface area contributed by atoms with Gasteiger partial charge in [0.25, 0.3) is 0 Å². The number of carbonyl (C=O) groups excluding carboxylic acids is 1. The van der Waals surface area contributed by atoms with Gasteiger partial charge in [0.15, 0.2) is 5.69 Å². The summed E-state index contributed by atoms with van der Waals surface area (Å²) in [6, 6.07) is 5.86. The summed E-state index contributed by atoms with van der Waals surface area (Å²) in [6.45, 7) is 0. The van der Waals surface area contributed by atoms with Gasteiger partial charge >= 0.3 is 0 Å². The molecule has 3 rings (SSSR count). The maximum absolute atomic E-state index is 12.3. The molecule has 0 saturated heterocycles. The van der Waals surface area contributed by atoms with Crippen LogP contribution in [-0.2, 0) is 9.84 Å². The summed E-state index contributed by atoms with van der Waals surface area (Å²) in [7, 11) is -3.82. The maximum Gasteiger partial charge on any atom is 0.214 e. The van der Waals surface area contributed by atoms with E-state index in [1.807, 2.05) is 0 Å². The minimum atomic E-state index is -3.82. The molecule has 1 fully saturated rings. The van der Waals surface area contributed by atoms with Crippen LogP contribution in [0.3, 0.4) is 0 Å². The van der Waals surface area contributed by atoms with Crippen LogP contribution in [0.5, 0.6) is 0 Å². The first kappa shape index (κ1) is 15.5. The van der Waals surface area contributed by atoms with E-state index in [0.717, 1.165) is 12.8 Å². The molecular weight excluding hydrogens is 349 g/mol. The number of rotatable bonds is 5. The minimum Gasteiger partial charge on any atom is -0.364 e. The molecule has 5 nitrogen and oxygen atoms in total. The molecule has 2 aromatic rings. The van der Waals surface area contributed by atoms with Crippen molar-refractivity contribution in [1.29, 1.82) is 0 Å². The highest BCUT2D eigenvalue weighted by molar-refractivity contribution is 7.94. The summed E-state index contributed by atoms with van der Waals surface area (Å²) in [5.74, 6) is -0.213. The average Bonchev–Trinajstić information content (AvgIpc) is 3.20. The summed E-state index contributed by atoms with van der Waals surface area (Å²) >= 11 is 11.1. The molecule has 1 aliphatic rings. The highest BCUT2D eigenvalue weighted by Gasteiger charge is 2.34. The standard InChI is InChI=1S/C14H11Cl2NO4S/c15-14(16)22(19,20)12-4-3-9(7-10(12)8-1-2-8)13(18)11-5-6-21-17-11/h3-8,14H,1-2H2. The highest BCUT2D eigenvalue weighted by atomic mass is 35.5. The minimum absolute atomic E-state index is 0.0849. The smallest absolute Gasteiger partial charge is 0.214 e. The van der Waals surface area contributed by atoms with Crippen molar-refractivity contribution in [2.45, 2.75) is 27.8 Å². The maximum atomic E-state index is 12.3. The highest BCUT2D eigenvalue weighted by Crippen LogP contribution is 2.44. The number of benzene rings is 1. The van der Waals surface area contributed by atoms with E-state index in [4.69, 9.17) is 23.2 Å². The lowest BCUT2D eigenvalue weighted by atomic mass is 10.0. The van der Waals surface area contributed by atoms with E-state index in [2.05, 4.69) is 9.68 Å². The molecule has 0 spiro atoms. The molecule has 0 amide bonds. The van der Waals surface area contributed by atoms with Crippen molar-refractivity contribution in [1.82, 2.24) is 5.16 Å². The van der Waals surface area contributed by atoms with Crippen molar-refractivity contribution in [2.75, 3.05) is 0 Å². The van der Waals surface area contributed by atoms with Gasteiger partial charge < -0.3 is 4.52 Å². The molecule has 116 valence electrons. The van der Waals surface area contributed by atoms with Gasteiger partial charge in [0.05, 0.1) is 4.90 Å². The Balaban J connectivity index is 2.07. The molecule has 0 N–H and O–H groups in total. The van der Waals surface area contributed by atoms with Gasteiger partial charge in [-0.3, -0.25) is 4.79 Å². The van der Waals surface area contributed by atoms with Crippen LogP contribution < -0.4 is 0 Å². The first-order valence-electron chi connectivity index (χ1n) is 6.52. The first-order valence-corrected chi connectivity index (χ1v) is 8.94. The van der Waals surface area contributed by atoms with Crippen molar-refractivity contribution in [3.8, 4) is 0 Å². The number of carbonyl (C=O) groups is 1. The van der Waals surface area contributed by atoms with Crippen LogP contribution in [0.25, 0.3) is 0 Å². The van der Waals surface area contributed by atoms with Crippen LogP contribution in [-0.4, -0.2) is 23.5 Å². The molecule has 1 aliphatic carbocycles. The topological polar surface area (TPSA) is 77.2 Å². The van der Waals surface area contributed by atoms with Crippen LogP contribution in [0.15, 0.2) is 39.9 Å². The fourth-order valence-electron chi connectivity index (χ4n) is 2.24. The van der Waals surface area contributed by atoms with Crippen molar-refractivity contribution < 1.29 is 17.7 Å². The third kappa shape index (κ3) is 2.78. The van der Waals surface area contributed by atoms with E-state index in [-0.39, 0.29) is 22.3 Å². The molecule has 0 aliphatic heterocycles. The van der Waals surface area contributed by atoms with Crippen molar-refractivity contribution in [3.63, 3.8) is 0 Å². The first-order chi connectivity index (χ1) is 10.4. The van der Waals surface area contributed by atoms with Crippen molar-refractivity contribution in [3.05, 3.63) is 47.3 Å². The van der Waals surface area contributed by atoms with E-state index >= 15 is 0 Å². The third-order valence-corrected chi connectivity index (χ3v) is 6.36. The van der Waals surface area contributed by atoms with Gasteiger partial charge in [-0.05, 0) is 42.5 Å². The van der Waals surface area contributed by atoms with Gasteiger partial charge in [0, 0.05) is 11.6 Å². The predicted octanol–water partition coefficient (Wildman–Crippen LogP) is 3.32. The fourth-order valence-corrected chi connectivity index (χ4v) is 3.82. The van der Waals surface area contributed by atoms with Gasteiger partial charge in [-0.2, -0.15) is 0 Å². The number of hydrogen-bond acceptors (Lipinski definition) is 5. The van der Waals surface area contributed by atoms with E-state index in [9.17, 15) is 13.2 Å². The van der Waals surface area contributed by atoms with Crippen molar-refractivity contribution in [2.24, 2.45) is 0 Å². The van der Waals surface area contributed by atoms with Crippen LogP contribution >= 0.6 is 23.2 Å². The summed E-state index contributed by atoms with van der Waals surface area (Å²) in [6.07, 6.45) is 3.05. The normalized spacial score (nSPS) is 15.2. The molecule has 1 saturated carbocycles. The predicted molar refractivity (Wildman–Crippen MR) is 81.0 cm³/mol. The number of halogens is 2. The number of hydrogen-bond donors (Lipinski definition) is 0. The Morgan fingerprint density at radius 2 is 2.00 bits per heavy atom. The second-order valence-corrected chi connectivity index (χ2v) is 8.66. The Hall–Kier alpha value is -1.37. The lowest BCUT2D eigenvalue weighted by Crippen LogP contribution is -2.13. The Labute approximate surface area is 137 Å². The number of sulfone groups is 1. The van der Waals surface area contributed by atoms with Crippen LogP contribution in [0.4, 0.5) is 0 Å². The SMILES string of the molecule is O=C(c1ccc(S(=O)(=O)C(Cl)Cl)c(C2CC2)c1)c1ccon1. The van der Waals surface area contributed by atoms with E-state index in [0.29, 0.717) is 11.1 Å². The molecule has 1 aromatic heterocycles. The average molecular weight is 360 g/mol. The Morgan fingerprint density at radius 3 is 2.55 bits per heavy atom. The Bertz CT molecular complexity index is 811. The number of nitrogens with zero attached hydrogens (tertiary/aromatic N) is 1. The van der Waals surface area contributed by atoms with Crippen LogP contribution in [0, 0.1) is 0 Å². The van der Waals surface area contributed by atoms with E-state index < -0.39 is 14.0 Å². The van der Waals surface area contributed by atoms with Gasteiger partial charge in [-0.15, -0.1) is 0 Å². The molecule has 0 unspecified atom stereocenters. The molecular formula is C14H11Cl2NO4S. The summed E-state index contributed by atoms with van der Waals surface area (Å²) < 4.78 is 27.6. The zero-order chi connectivity index (χ0) is 15.9. The molecule has 22 heavy (non-hydrogen) atoms. The van der Waals surface area contributed by atoms with Gasteiger partial charge in [0.1, 0.15) is 6.26 Å². The number of ketones is 1. The molecule has 1 aromatic carbocycles. The summed E-state index contributed by atoms with van der Waals surface area (Å²) in [4.78, 5) is 12.4. The molecule has 8 heteroatoms.